The lowest BCUT2D eigenvalue weighted by atomic mass is 10.2. The first-order valence-electron chi connectivity index (χ1n) is 9.26. The van der Waals surface area contributed by atoms with Crippen LogP contribution >= 0.6 is 15.9 Å². The van der Waals surface area contributed by atoms with E-state index in [2.05, 4.69) is 26.1 Å². The molecule has 2 aromatic carbocycles. The van der Waals surface area contributed by atoms with Gasteiger partial charge in [-0.25, -0.2) is 4.79 Å². The summed E-state index contributed by atoms with van der Waals surface area (Å²) in [5.41, 5.74) is 2.05. The number of rotatable bonds is 6. The molecular weight excluding hydrogens is 440 g/mol. The molecule has 0 radical (unpaired) electrons. The van der Waals surface area contributed by atoms with Crippen LogP contribution in [0.5, 0.6) is 5.75 Å². The molecule has 7 nitrogen and oxygen atoms in total. The number of nitrogens with one attached hydrogen (secondary N) is 1. The third-order valence-electron chi connectivity index (χ3n) is 4.55. The van der Waals surface area contributed by atoms with Crippen molar-refractivity contribution < 1.29 is 23.8 Å². The zero-order valence-corrected chi connectivity index (χ0v) is 17.9. The van der Waals surface area contributed by atoms with E-state index in [9.17, 15) is 9.59 Å². The van der Waals surface area contributed by atoms with E-state index in [0.29, 0.717) is 34.7 Å². The minimum absolute atomic E-state index is 0.326. The summed E-state index contributed by atoms with van der Waals surface area (Å²) in [7, 11) is 1.54. The van der Waals surface area contributed by atoms with Crippen LogP contribution in [0.4, 0.5) is 11.4 Å². The van der Waals surface area contributed by atoms with Crippen LogP contribution in [0.15, 0.2) is 46.9 Å². The number of carbonyl (C=O) groups is 2. The van der Waals surface area contributed by atoms with Gasteiger partial charge in [0, 0.05) is 24.5 Å². The SMILES string of the molecule is COc1ccc(C(=O)O[C@H](C)C(=O)Nc2ccc(N3CCOCC3)cc2)cc1Br. The van der Waals surface area contributed by atoms with Gasteiger partial charge >= 0.3 is 5.97 Å². The summed E-state index contributed by atoms with van der Waals surface area (Å²) in [6.07, 6.45) is -0.942. The summed E-state index contributed by atoms with van der Waals surface area (Å²) in [5.74, 6) is -0.378. The topological polar surface area (TPSA) is 77.1 Å². The van der Waals surface area contributed by atoms with Gasteiger partial charge in [0.25, 0.3) is 5.91 Å². The summed E-state index contributed by atoms with van der Waals surface area (Å²) in [5, 5.41) is 2.77. The number of nitrogens with zero attached hydrogens (tertiary/aromatic N) is 1. The molecule has 3 rings (SSSR count). The lowest BCUT2D eigenvalue weighted by molar-refractivity contribution is -0.123. The fourth-order valence-corrected chi connectivity index (χ4v) is 3.44. The average molecular weight is 463 g/mol. The Labute approximate surface area is 178 Å². The molecule has 0 saturated carbocycles. The molecule has 1 fully saturated rings. The monoisotopic (exact) mass is 462 g/mol. The predicted octanol–water partition coefficient (Wildman–Crippen LogP) is 3.48. The standard InChI is InChI=1S/C21H23BrN2O5/c1-14(29-21(26)15-3-8-19(27-2)18(22)13-15)20(25)23-16-4-6-17(7-5-16)24-9-11-28-12-10-24/h3-8,13-14H,9-12H2,1-2H3,(H,23,25)/t14-/m1/s1. The van der Waals surface area contributed by atoms with E-state index in [1.54, 1.807) is 18.2 Å². The second-order valence-corrected chi connectivity index (χ2v) is 7.39. The van der Waals surface area contributed by atoms with Crippen molar-refractivity contribution in [2.24, 2.45) is 0 Å². The van der Waals surface area contributed by atoms with Crippen molar-refractivity contribution in [3.8, 4) is 5.75 Å². The van der Waals surface area contributed by atoms with E-state index < -0.39 is 18.0 Å². The highest BCUT2D eigenvalue weighted by atomic mass is 79.9. The van der Waals surface area contributed by atoms with Gasteiger partial charge in [0.15, 0.2) is 6.10 Å². The Morgan fingerprint density at radius 1 is 1.14 bits per heavy atom. The largest absolute Gasteiger partial charge is 0.496 e. The van der Waals surface area contributed by atoms with Crippen LogP contribution in [0.3, 0.4) is 0 Å². The summed E-state index contributed by atoms with van der Waals surface area (Å²) < 4.78 is 16.4. The minimum atomic E-state index is -0.942. The van der Waals surface area contributed by atoms with Crippen molar-refractivity contribution in [3.05, 3.63) is 52.5 Å². The van der Waals surface area contributed by atoms with E-state index in [1.807, 2.05) is 24.3 Å². The second kappa shape index (κ2) is 9.76. The van der Waals surface area contributed by atoms with Gasteiger partial charge in [0.2, 0.25) is 0 Å². The molecule has 1 aliphatic rings. The molecule has 1 N–H and O–H groups in total. The summed E-state index contributed by atoms with van der Waals surface area (Å²) >= 11 is 3.33. The summed E-state index contributed by atoms with van der Waals surface area (Å²) in [6, 6.07) is 12.4. The number of hydrogen-bond donors (Lipinski definition) is 1. The number of morpholine rings is 1. The molecule has 1 amide bonds. The molecule has 0 spiro atoms. The number of hydrogen-bond acceptors (Lipinski definition) is 6. The smallest absolute Gasteiger partial charge is 0.338 e. The lowest BCUT2D eigenvalue weighted by Crippen LogP contribution is -2.36. The van der Waals surface area contributed by atoms with Gasteiger partial charge in [-0.1, -0.05) is 0 Å². The third kappa shape index (κ3) is 5.48. The first-order valence-corrected chi connectivity index (χ1v) is 10.1. The first kappa shape index (κ1) is 21.1. The highest BCUT2D eigenvalue weighted by molar-refractivity contribution is 9.10. The van der Waals surface area contributed by atoms with Gasteiger partial charge < -0.3 is 24.4 Å². The van der Waals surface area contributed by atoms with Crippen LogP contribution in [-0.4, -0.2) is 51.4 Å². The van der Waals surface area contributed by atoms with E-state index >= 15 is 0 Å². The lowest BCUT2D eigenvalue weighted by Gasteiger charge is -2.28. The van der Waals surface area contributed by atoms with Gasteiger partial charge in [0.05, 0.1) is 30.4 Å². The maximum atomic E-state index is 12.4. The summed E-state index contributed by atoms with van der Waals surface area (Å²) in [4.78, 5) is 26.9. The van der Waals surface area contributed by atoms with Crippen LogP contribution < -0.4 is 15.0 Å². The number of benzene rings is 2. The zero-order chi connectivity index (χ0) is 20.8. The van der Waals surface area contributed by atoms with E-state index in [0.717, 1.165) is 18.8 Å². The number of esters is 1. The van der Waals surface area contributed by atoms with E-state index in [4.69, 9.17) is 14.2 Å². The number of anilines is 2. The number of methoxy groups -OCH3 is 1. The third-order valence-corrected chi connectivity index (χ3v) is 5.17. The fraction of sp³-hybridized carbons (Fsp3) is 0.333. The molecule has 1 heterocycles. The first-order chi connectivity index (χ1) is 14.0. The molecule has 1 atom stereocenters. The van der Waals surface area contributed by atoms with Gasteiger partial charge in [0.1, 0.15) is 5.75 Å². The van der Waals surface area contributed by atoms with E-state index in [-0.39, 0.29) is 0 Å². The number of halogens is 1. The fourth-order valence-electron chi connectivity index (χ4n) is 2.90. The number of amides is 1. The highest BCUT2D eigenvalue weighted by Gasteiger charge is 2.20. The van der Waals surface area contributed by atoms with Gasteiger partial charge in [-0.2, -0.15) is 0 Å². The number of carbonyl (C=O) groups excluding carboxylic acids is 2. The maximum Gasteiger partial charge on any atom is 0.338 e. The number of ether oxygens (including phenoxy) is 3. The molecule has 0 bridgehead atoms. The molecule has 0 unspecified atom stereocenters. The van der Waals surface area contributed by atoms with Crippen molar-refractivity contribution >= 4 is 39.2 Å². The molecule has 1 aliphatic heterocycles. The maximum absolute atomic E-state index is 12.4. The Balaban J connectivity index is 1.55. The molecular formula is C21H23BrN2O5. The van der Waals surface area contributed by atoms with Crippen molar-refractivity contribution in [1.29, 1.82) is 0 Å². The Hall–Kier alpha value is -2.58. The molecule has 0 aliphatic carbocycles. The van der Waals surface area contributed by atoms with Gasteiger partial charge in [-0.15, -0.1) is 0 Å². The molecule has 154 valence electrons. The molecule has 0 aromatic heterocycles. The van der Waals surface area contributed by atoms with Gasteiger partial charge in [-0.3, -0.25) is 4.79 Å². The van der Waals surface area contributed by atoms with Gasteiger partial charge in [-0.05, 0) is 65.3 Å². The highest BCUT2D eigenvalue weighted by Crippen LogP contribution is 2.26. The van der Waals surface area contributed by atoms with Crippen LogP contribution in [0.25, 0.3) is 0 Å². The van der Waals surface area contributed by atoms with Crippen LogP contribution in [0.2, 0.25) is 0 Å². The average Bonchev–Trinajstić information content (AvgIpc) is 2.74. The molecule has 2 aromatic rings. The van der Waals surface area contributed by atoms with Crippen LogP contribution in [0.1, 0.15) is 17.3 Å². The van der Waals surface area contributed by atoms with Crippen molar-refractivity contribution in [3.63, 3.8) is 0 Å². The van der Waals surface area contributed by atoms with Crippen molar-refractivity contribution in [1.82, 2.24) is 0 Å². The molecule has 29 heavy (non-hydrogen) atoms. The van der Waals surface area contributed by atoms with Crippen molar-refractivity contribution in [2.45, 2.75) is 13.0 Å². The Kier molecular flexibility index (Phi) is 7.11. The summed E-state index contributed by atoms with van der Waals surface area (Å²) in [6.45, 7) is 4.66. The van der Waals surface area contributed by atoms with E-state index in [1.165, 1.54) is 14.0 Å². The van der Waals surface area contributed by atoms with Crippen LogP contribution in [0, 0.1) is 0 Å². The molecule has 8 heteroatoms. The Bertz CT molecular complexity index is 866. The van der Waals surface area contributed by atoms with Crippen molar-refractivity contribution in [2.75, 3.05) is 43.6 Å². The Morgan fingerprint density at radius 2 is 1.83 bits per heavy atom. The minimum Gasteiger partial charge on any atom is -0.496 e. The normalized spacial score (nSPS) is 14.8. The second-order valence-electron chi connectivity index (χ2n) is 6.53. The Morgan fingerprint density at radius 3 is 2.45 bits per heavy atom. The molecule has 1 saturated heterocycles. The zero-order valence-electron chi connectivity index (χ0n) is 16.3. The predicted molar refractivity (Wildman–Crippen MR) is 114 cm³/mol. The van der Waals surface area contributed by atoms with Crippen LogP contribution in [-0.2, 0) is 14.3 Å². The quantitative estimate of drug-likeness (QED) is 0.662.